The fourth-order valence-electron chi connectivity index (χ4n) is 2.90. The first-order chi connectivity index (χ1) is 12.7. The molecule has 0 atom stereocenters. The number of amides is 1. The zero-order chi connectivity index (χ0) is 18.4. The van der Waals surface area contributed by atoms with Crippen molar-refractivity contribution in [3.05, 3.63) is 89.7 Å². The molecule has 0 aliphatic carbocycles. The van der Waals surface area contributed by atoms with Gasteiger partial charge >= 0.3 is 0 Å². The minimum atomic E-state index is -0.166. The molecule has 0 spiro atoms. The van der Waals surface area contributed by atoms with E-state index in [0.717, 1.165) is 23.5 Å². The summed E-state index contributed by atoms with van der Waals surface area (Å²) in [5, 5.41) is 2.92. The second kappa shape index (κ2) is 8.30. The molecular formula is C22H23N3O. The summed E-state index contributed by atoms with van der Waals surface area (Å²) in [6.07, 6.45) is 1.75. The second-order valence-electron chi connectivity index (χ2n) is 6.15. The summed E-state index contributed by atoms with van der Waals surface area (Å²) in [7, 11) is 0. The van der Waals surface area contributed by atoms with Crippen LogP contribution in [-0.4, -0.2) is 17.4 Å². The topological polar surface area (TPSA) is 45.2 Å². The molecular weight excluding hydrogens is 322 g/mol. The zero-order valence-electron chi connectivity index (χ0n) is 15.1. The molecule has 0 bridgehead atoms. The van der Waals surface area contributed by atoms with Crippen LogP contribution in [0.2, 0.25) is 0 Å². The number of rotatable bonds is 6. The lowest BCUT2D eigenvalue weighted by Gasteiger charge is -2.22. The molecule has 0 unspecified atom stereocenters. The molecule has 0 radical (unpaired) electrons. The first kappa shape index (κ1) is 17.7. The van der Waals surface area contributed by atoms with Crippen molar-refractivity contribution in [2.45, 2.75) is 20.4 Å². The Hall–Kier alpha value is -3.14. The van der Waals surface area contributed by atoms with Crippen molar-refractivity contribution >= 4 is 17.3 Å². The normalized spacial score (nSPS) is 10.4. The van der Waals surface area contributed by atoms with Gasteiger partial charge in [0, 0.05) is 18.8 Å². The van der Waals surface area contributed by atoms with Gasteiger partial charge in [-0.3, -0.25) is 4.79 Å². The van der Waals surface area contributed by atoms with E-state index in [-0.39, 0.29) is 5.91 Å². The van der Waals surface area contributed by atoms with E-state index in [0.29, 0.717) is 12.2 Å². The Morgan fingerprint density at radius 1 is 1.00 bits per heavy atom. The highest BCUT2D eigenvalue weighted by atomic mass is 16.1. The molecule has 132 valence electrons. The van der Waals surface area contributed by atoms with Crippen LogP contribution in [0.4, 0.5) is 11.4 Å². The lowest BCUT2D eigenvalue weighted by atomic mass is 10.1. The number of hydrogen-bond acceptors (Lipinski definition) is 3. The van der Waals surface area contributed by atoms with E-state index in [1.54, 1.807) is 12.3 Å². The molecule has 3 aromatic rings. The molecule has 1 amide bonds. The number of carbonyl (C=O) groups excluding carboxylic acids is 1. The monoisotopic (exact) mass is 345 g/mol. The van der Waals surface area contributed by atoms with E-state index < -0.39 is 0 Å². The molecule has 1 aromatic heterocycles. The predicted molar refractivity (Wildman–Crippen MR) is 106 cm³/mol. The maximum absolute atomic E-state index is 12.3. The number of carbonyl (C=O) groups is 1. The number of para-hydroxylation sites is 1. The van der Waals surface area contributed by atoms with Gasteiger partial charge in [-0.05, 0) is 43.7 Å². The van der Waals surface area contributed by atoms with Gasteiger partial charge in [-0.1, -0.05) is 48.0 Å². The van der Waals surface area contributed by atoms with Crippen LogP contribution in [0.5, 0.6) is 0 Å². The Kier molecular flexibility index (Phi) is 5.64. The standard InChI is InChI=1S/C22H23N3O/c1-3-25(19-10-5-4-6-11-19)20-12-13-21(23-16-20)22(26)24-15-18-9-7-8-17(2)14-18/h4-14,16H,3,15H2,1-2H3,(H,24,26). The average molecular weight is 345 g/mol. The van der Waals surface area contributed by atoms with Crippen molar-refractivity contribution in [2.75, 3.05) is 11.4 Å². The quantitative estimate of drug-likeness (QED) is 0.716. The lowest BCUT2D eigenvalue weighted by Crippen LogP contribution is -2.24. The van der Waals surface area contributed by atoms with Gasteiger partial charge in [-0.2, -0.15) is 0 Å². The van der Waals surface area contributed by atoms with E-state index in [1.165, 1.54) is 5.56 Å². The van der Waals surface area contributed by atoms with Crippen molar-refractivity contribution in [1.82, 2.24) is 10.3 Å². The van der Waals surface area contributed by atoms with Crippen LogP contribution in [-0.2, 0) is 6.54 Å². The van der Waals surface area contributed by atoms with Crippen LogP contribution < -0.4 is 10.2 Å². The van der Waals surface area contributed by atoms with E-state index in [9.17, 15) is 4.79 Å². The molecule has 0 aliphatic heterocycles. The average Bonchev–Trinajstić information content (AvgIpc) is 2.68. The molecule has 3 rings (SSSR count). The third-order valence-electron chi connectivity index (χ3n) is 4.21. The molecule has 4 heteroatoms. The number of benzene rings is 2. The van der Waals surface area contributed by atoms with Crippen LogP contribution in [0.25, 0.3) is 0 Å². The van der Waals surface area contributed by atoms with Gasteiger partial charge in [-0.15, -0.1) is 0 Å². The maximum Gasteiger partial charge on any atom is 0.270 e. The SMILES string of the molecule is CCN(c1ccccc1)c1ccc(C(=O)NCc2cccc(C)c2)nc1. The second-order valence-corrected chi connectivity index (χ2v) is 6.15. The van der Waals surface area contributed by atoms with Gasteiger partial charge in [0.05, 0.1) is 11.9 Å². The van der Waals surface area contributed by atoms with Crippen molar-refractivity contribution < 1.29 is 4.79 Å². The number of nitrogens with one attached hydrogen (secondary N) is 1. The minimum Gasteiger partial charge on any atom is -0.347 e. The molecule has 0 fully saturated rings. The van der Waals surface area contributed by atoms with Gasteiger partial charge in [-0.25, -0.2) is 4.98 Å². The highest BCUT2D eigenvalue weighted by Gasteiger charge is 2.10. The first-order valence-corrected chi connectivity index (χ1v) is 8.79. The summed E-state index contributed by atoms with van der Waals surface area (Å²) in [6, 6.07) is 22.0. The molecule has 0 aliphatic rings. The third kappa shape index (κ3) is 4.28. The number of pyridine rings is 1. The molecule has 0 saturated carbocycles. The first-order valence-electron chi connectivity index (χ1n) is 8.79. The number of aromatic nitrogens is 1. The highest BCUT2D eigenvalue weighted by molar-refractivity contribution is 5.92. The molecule has 1 N–H and O–H groups in total. The van der Waals surface area contributed by atoms with E-state index in [1.807, 2.05) is 49.4 Å². The summed E-state index contributed by atoms with van der Waals surface area (Å²) in [4.78, 5) is 18.8. The highest BCUT2D eigenvalue weighted by Crippen LogP contribution is 2.24. The minimum absolute atomic E-state index is 0.166. The number of anilines is 2. The van der Waals surface area contributed by atoms with E-state index in [4.69, 9.17) is 0 Å². The summed E-state index contributed by atoms with van der Waals surface area (Å²) < 4.78 is 0. The number of nitrogens with zero attached hydrogens (tertiary/aromatic N) is 2. The van der Waals surface area contributed by atoms with Crippen LogP contribution >= 0.6 is 0 Å². The Bertz CT molecular complexity index is 860. The maximum atomic E-state index is 12.3. The molecule has 0 saturated heterocycles. The smallest absolute Gasteiger partial charge is 0.270 e. The van der Waals surface area contributed by atoms with Gasteiger partial charge in [0.1, 0.15) is 5.69 Å². The summed E-state index contributed by atoms with van der Waals surface area (Å²) in [6.45, 7) is 5.45. The van der Waals surface area contributed by atoms with Gasteiger partial charge in [0.25, 0.3) is 5.91 Å². The van der Waals surface area contributed by atoms with Crippen molar-refractivity contribution in [1.29, 1.82) is 0 Å². The number of aryl methyl sites for hydroxylation is 1. The van der Waals surface area contributed by atoms with Gasteiger partial charge in [0.15, 0.2) is 0 Å². The fourth-order valence-corrected chi connectivity index (χ4v) is 2.90. The summed E-state index contributed by atoms with van der Waals surface area (Å²) >= 11 is 0. The van der Waals surface area contributed by atoms with Crippen LogP contribution in [0, 0.1) is 6.92 Å². The number of hydrogen-bond donors (Lipinski definition) is 1. The van der Waals surface area contributed by atoms with Crippen LogP contribution in [0.1, 0.15) is 28.5 Å². The van der Waals surface area contributed by atoms with E-state index in [2.05, 4.69) is 40.3 Å². The fraction of sp³-hybridized carbons (Fsp3) is 0.182. The Morgan fingerprint density at radius 2 is 1.81 bits per heavy atom. The molecule has 26 heavy (non-hydrogen) atoms. The molecule has 1 heterocycles. The van der Waals surface area contributed by atoms with Gasteiger partial charge in [0.2, 0.25) is 0 Å². The van der Waals surface area contributed by atoms with Gasteiger partial charge < -0.3 is 10.2 Å². The summed E-state index contributed by atoms with van der Waals surface area (Å²) in [5.74, 6) is -0.166. The third-order valence-corrected chi connectivity index (χ3v) is 4.21. The van der Waals surface area contributed by atoms with E-state index >= 15 is 0 Å². The van der Waals surface area contributed by atoms with Crippen molar-refractivity contribution in [3.8, 4) is 0 Å². The van der Waals surface area contributed by atoms with Crippen molar-refractivity contribution in [3.63, 3.8) is 0 Å². The largest absolute Gasteiger partial charge is 0.347 e. The molecule has 4 nitrogen and oxygen atoms in total. The Balaban J connectivity index is 1.67. The van der Waals surface area contributed by atoms with Crippen LogP contribution in [0.3, 0.4) is 0 Å². The van der Waals surface area contributed by atoms with Crippen LogP contribution in [0.15, 0.2) is 72.9 Å². The van der Waals surface area contributed by atoms with Crippen molar-refractivity contribution in [2.24, 2.45) is 0 Å². The predicted octanol–water partition coefficient (Wildman–Crippen LogP) is 4.48. The zero-order valence-corrected chi connectivity index (χ0v) is 15.1. The Labute approximate surface area is 154 Å². The molecule has 2 aromatic carbocycles. The lowest BCUT2D eigenvalue weighted by molar-refractivity contribution is 0.0946. The summed E-state index contributed by atoms with van der Waals surface area (Å²) in [5.41, 5.74) is 4.75. The Morgan fingerprint density at radius 3 is 2.46 bits per heavy atom.